The van der Waals surface area contributed by atoms with Crippen molar-refractivity contribution < 1.29 is 4.79 Å². The van der Waals surface area contributed by atoms with Crippen LogP contribution in [0.4, 0.5) is 0 Å². The third kappa shape index (κ3) is 1.77. The van der Waals surface area contributed by atoms with E-state index in [4.69, 9.17) is 5.73 Å². The van der Waals surface area contributed by atoms with Crippen molar-refractivity contribution in [1.82, 2.24) is 9.13 Å². The Labute approximate surface area is 121 Å². The maximum atomic E-state index is 12.6. The molecule has 0 fully saturated rings. The van der Waals surface area contributed by atoms with Crippen LogP contribution in [0.1, 0.15) is 30.4 Å². The van der Waals surface area contributed by atoms with Gasteiger partial charge < -0.3 is 14.9 Å². The number of aryl methyl sites for hydroxylation is 1. The number of benzene rings is 1. The van der Waals surface area contributed by atoms with Crippen LogP contribution in [-0.4, -0.2) is 15.0 Å². The number of carbonyl (C=O) groups is 1. The number of para-hydroxylation sites is 1. The summed E-state index contributed by atoms with van der Waals surface area (Å²) in [4.78, 5) is 24.3. The monoisotopic (exact) mass is 283 g/mol. The van der Waals surface area contributed by atoms with Gasteiger partial charge in [-0.15, -0.1) is 0 Å². The molecule has 2 N–H and O–H groups in total. The molecule has 2 aromatic heterocycles. The van der Waals surface area contributed by atoms with Crippen LogP contribution < -0.4 is 11.3 Å². The Kier molecular flexibility index (Phi) is 2.86. The van der Waals surface area contributed by atoms with Crippen LogP contribution in [0.15, 0.2) is 35.1 Å². The van der Waals surface area contributed by atoms with E-state index in [1.54, 1.807) is 17.7 Å². The maximum Gasteiger partial charge on any atom is 0.265 e. The van der Waals surface area contributed by atoms with Crippen molar-refractivity contribution in [2.75, 3.05) is 0 Å². The highest BCUT2D eigenvalue weighted by Gasteiger charge is 2.20. The molecule has 1 amide bonds. The van der Waals surface area contributed by atoms with Crippen LogP contribution in [0.25, 0.3) is 21.8 Å². The summed E-state index contributed by atoms with van der Waals surface area (Å²) < 4.78 is 3.45. The summed E-state index contributed by atoms with van der Waals surface area (Å²) in [5, 5.41) is 1.47. The lowest BCUT2D eigenvalue weighted by molar-refractivity contribution is 0.0990. The highest BCUT2D eigenvalue weighted by atomic mass is 16.1. The van der Waals surface area contributed by atoms with Crippen LogP contribution in [0.2, 0.25) is 0 Å². The summed E-state index contributed by atoms with van der Waals surface area (Å²) in [6.45, 7) is 3.94. The Morgan fingerprint density at radius 3 is 2.48 bits per heavy atom. The average Bonchev–Trinajstić information content (AvgIpc) is 2.86. The lowest BCUT2D eigenvalue weighted by Crippen LogP contribution is -2.19. The molecule has 0 radical (unpaired) electrons. The Bertz CT molecular complexity index is 932. The smallest absolute Gasteiger partial charge is 0.265 e. The van der Waals surface area contributed by atoms with Gasteiger partial charge in [0.05, 0.1) is 16.4 Å². The molecule has 0 aliphatic carbocycles. The number of hydrogen-bond acceptors (Lipinski definition) is 2. The number of carbonyl (C=O) groups excluding carboxylic acids is 1. The second-order valence-corrected chi connectivity index (χ2v) is 5.50. The summed E-state index contributed by atoms with van der Waals surface area (Å²) in [5.41, 5.74) is 7.34. The van der Waals surface area contributed by atoms with E-state index in [0.717, 1.165) is 16.4 Å². The molecular formula is C16H17N3O2. The number of nitrogens with two attached hydrogens (primary N) is 1. The lowest BCUT2D eigenvalue weighted by atomic mass is 10.1. The molecule has 5 heteroatoms. The zero-order valence-electron chi connectivity index (χ0n) is 12.3. The Hall–Kier alpha value is -2.56. The van der Waals surface area contributed by atoms with Crippen LogP contribution >= 0.6 is 0 Å². The Balaban J connectivity index is 2.68. The van der Waals surface area contributed by atoms with Crippen molar-refractivity contribution in [2.24, 2.45) is 12.8 Å². The highest BCUT2D eigenvalue weighted by Crippen LogP contribution is 2.28. The predicted molar refractivity (Wildman–Crippen MR) is 83.6 cm³/mol. The van der Waals surface area contributed by atoms with Gasteiger partial charge in [0.15, 0.2) is 0 Å². The van der Waals surface area contributed by atoms with Crippen LogP contribution in [0, 0.1) is 0 Å². The zero-order valence-corrected chi connectivity index (χ0v) is 12.3. The van der Waals surface area contributed by atoms with Crippen molar-refractivity contribution >= 4 is 27.7 Å². The number of fused-ring (bicyclic) bond motifs is 3. The van der Waals surface area contributed by atoms with Gasteiger partial charge >= 0.3 is 0 Å². The zero-order chi connectivity index (χ0) is 15.3. The third-order valence-corrected chi connectivity index (χ3v) is 3.86. The van der Waals surface area contributed by atoms with E-state index in [2.05, 4.69) is 0 Å². The fraction of sp³-hybridized carbons (Fsp3) is 0.250. The standard InChI is InChI=1S/C16H17N3O2/c1-9(2)19-13(15(17)20)8-11-14(19)10-6-4-5-7-12(10)18(3)16(11)21/h4-9H,1-3H3,(H2,17,20). The molecule has 108 valence electrons. The van der Waals surface area contributed by atoms with Gasteiger partial charge in [-0.2, -0.15) is 0 Å². The minimum absolute atomic E-state index is 0.0283. The molecule has 3 rings (SSSR count). The van der Waals surface area contributed by atoms with E-state index in [-0.39, 0.29) is 11.6 Å². The molecule has 0 unspecified atom stereocenters. The van der Waals surface area contributed by atoms with E-state index in [0.29, 0.717) is 11.1 Å². The maximum absolute atomic E-state index is 12.6. The van der Waals surface area contributed by atoms with Crippen molar-refractivity contribution in [3.05, 3.63) is 46.4 Å². The summed E-state index contributed by atoms with van der Waals surface area (Å²) in [5.74, 6) is -0.522. The topological polar surface area (TPSA) is 70.0 Å². The van der Waals surface area contributed by atoms with Gasteiger partial charge in [0.25, 0.3) is 11.5 Å². The SMILES string of the molecule is CC(C)n1c(C(N)=O)cc2c(=O)n(C)c3ccccc3c21. The summed E-state index contributed by atoms with van der Waals surface area (Å²) >= 11 is 0. The second-order valence-electron chi connectivity index (χ2n) is 5.50. The van der Waals surface area contributed by atoms with Crippen LogP contribution in [-0.2, 0) is 7.05 Å². The summed E-state index contributed by atoms with van der Waals surface area (Å²) in [6.07, 6.45) is 0. The van der Waals surface area contributed by atoms with Gasteiger partial charge in [-0.05, 0) is 26.0 Å². The molecule has 21 heavy (non-hydrogen) atoms. The Morgan fingerprint density at radius 2 is 1.86 bits per heavy atom. The van der Waals surface area contributed by atoms with E-state index in [1.165, 1.54) is 0 Å². The second kappa shape index (κ2) is 4.48. The normalized spacial score (nSPS) is 11.6. The molecule has 2 heterocycles. The fourth-order valence-electron chi connectivity index (χ4n) is 2.95. The lowest BCUT2D eigenvalue weighted by Gasteiger charge is -2.15. The molecule has 0 saturated heterocycles. The number of nitrogens with zero attached hydrogens (tertiary/aromatic N) is 2. The van der Waals surface area contributed by atoms with Gasteiger partial charge in [0, 0.05) is 18.5 Å². The molecule has 5 nitrogen and oxygen atoms in total. The fourth-order valence-corrected chi connectivity index (χ4v) is 2.95. The Morgan fingerprint density at radius 1 is 1.19 bits per heavy atom. The molecule has 0 atom stereocenters. The first-order chi connectivity index (χ1) is 9.93. The number of primary amides is 1. The molecule has 0 aliphatic heterocycles. The van der Waals surface area contributed by atoms with Crippen molar-refractivity contribution in [2.45, 2.75) is 19.9 Å². The first kappa shape index (κ1) is 13.4. The summed E-state index contributed by atoms with van der Waals surface area (Å²) in [7, 11) is 1.74. The van der Waals surface area contributed by atoms with Gasteiger partial charge in [-0.25, -0.2) is 0 Å². The minimum atomic E-state index is -0.522. The molecule has 0 aliphatic rings. The van der Waals surface area contributed by atoms with Gasteiger partial charge in [-0.1, -0.05) is 18.2 Å². The number of aromatic nitrogens is 2. The number of rotatable bonds is 2. The minimum Gasteiger partial charge on any atom is -0.364 e. The highest BCUT2D eigenvalue weighted by molar-refractivity contribution is 6.08. The molecule has 0 bridgehead atoms. The van der Waals surface area contributed by atoms with Crippen molar-refractivity contribution in [3.63, 3.8) is 0 Å². The van der Waals surface area contributed by atoms with E-state index in [9.17, 15) is 9.59 Å². The third-order valence-electron chi connectivity index (χ3n) is 3.86. The molecule has 0 saturated carbocycles. The molecule has 0 spiro atoms. The molecule has 3 aromatic rings. The van der Waals surface area contributed by atoms with Gasteiger partial charge in [-0.3, -0.25) is 9.59 Å². The van der Waals surface area contributed by atoms with Crippen molar-refractivity contribution in [3.8, 4) is 0 Å². The number of amides is 1. The van der Waals surface area contributed by atoms with E-state index >= 15 is 0 Å². The van der Waals surface area contributed by atoms with E-state index in [1.807, 2.05) is 42.7 Å². The molecule has 1 aromatic carbocycles. The van der Waals surface area contributed by atoms with Gasteiger partial charge in [0.2, 0.25) is 0 Å². The quantitative estimate of drug-likeness (QED) is 0.783. The summed E-state index contributed by atoms with van der Waals surface area (Å²) in [6, 6.07) is 9.31. The molecular weight excluding hydrogens is 266 g/mol. The predicted octanol–water partition coefficient (Wildman–Crippen LogP) is 2.17. The van der Waals surface area contributed by atoms with E-state index < -0.39 is 5.91 Å². The van der Waals surface area contributed by atoms with Crippen molar-refractivity contribution in [1.29, 1.82) is 0 Å². The average molecular weight is 283 g/mol. The van der Waals surface area contributed by atoms with Gasteiger partial charge in [0.1, 0.15) is 5.69 Å². The number of hydrogen-bond donors (Lipinski definition) is 1. The first-order valence-corrected chi connectivity index (χ1v) is 6.86. The largest absolute Gasteiger partial charge is 0.364 e. The van der Waals surface area contributed by atoms with Crippen LogP contribution in [0.3, 0.4) is 0 Å². The first-order valence-electron chi connectivity index (χ1n) is 6.86. The van der Waals surface area contributed by atoms with Crippen LogP contribution in [0.5, 0.6) is 0 Å². The number of pyridine rings is 1.